The van der Waals surface area contributed by atoms with Gasteiger partial charge in [-0.2, -0.15) is 0 Å². The molecule has 0 aromatic carbocycles. The lowest BCUT2D eigenvalue weighted by molar-refractivity contribution is 0.00895. The van der Waals surface area contributed by atoms with Crippen LogP contribution in [0.1, 0.15) is 40.0 Å². The highest BCUT2D eigenvalue weighted by Crippen LogP contribution is 2.18. The lowest BCUT2D eigenvalue weighted by atomic mass is 9.99. The molecule has 1 aliphatic rings. The maximum absolute atomic E-state index is 12.1. The normalized spacial score (nSPS) is 22.2. The number of likely N-dealkylation sites (tertiary alicyclic amines) is 1. The summed E-state index contributed by atoms with van der Waals surface area (Å²) >= 11 is 0. The van der Waals surface area contributed by atoms with E-state index in [9.17, 15) is 9.90 Å². The molecule has 0 radical (unpaired) electrons. The van der Waals surface area contributed by atoms with Crippen LogP contribution < -0.4 is 5.32 Å². The summed E-state index contributed by atoms with van der Waals surface area (Å²) in [6, 6.07) is 0.0366. The molecule has 0 aromatic heterocycles. The summed E-state index contributed by atoms with van der Waals surface area (Å²) in [5.74, 6) is 0.227. The van der Waals surface area contributed by atoms with Gasteiger partial charge in [0.05, 0.1) is 5.60 Å². The quantitative estimate of drug-likeness (QED) is 0.799. The second-order valence-corrected chi connectivity index (χ2v) is 6.16. The average Bonchev–Trinajstić information content (AvgIpc) is 2.38. The maximum Gasteiger partial charge on any atom is 0.317 e. The second-order valence-electron chi connectivity index (χ2n) is 6.16. The molecule has 2 atom stereocenters. The van der Waals surface area contributed by atoms with Crippen molar-refractivity contribution in [1.82, 2.24) is 10.2 Å². The van der Waals surface area contributed by atoms with Crippen LogP contribution in [0, 0.1) is 5.92 Å². The molecule has 0 bridgehead atoms. The molecule has 5 heteroatoms. The lowest BCUT2D eigenvalue weighted by Crippen LogP contribution is -2.49. The number of aliphatic hydroxyl groups excluding tert-OH is 1. The number of nitrogens with one attached hydrogen (secondary N) is 1. The van der Waals surface area contributed by atoms with E-state index in [0.717, 1.165) is 25.8 Å². The highest BCUT2D eigenvalue weighted by Gasteiger charge is 2.26. The van der Waals surface area contributed by atoms with E-state index >= 15 is 0 Å². The SMILES string of the molecule is COC(C)(C)CC(C)NC(=O)N1CCCC(CO)C1. The van der Waals surface area contributed by atoms with Gasteiger partial charge < -0.3 is 20.1 Å². The topological polar surface area (TPSA) is 61.8 Å². The summed E-state index contributed by atoms with van der Waals surface area (Å²) in [6.07, 6.45) is 2.75. The zero-order chi connectivity index (χ0) is 14.5. The molecule has 19 heavy (non-hydrogen) atoms. The summed E-state index contributed by atoms with van der Waals surface area (Å²) in [6.45, 7) is 7.62. The van der Waals surface area contributed by atoms with Crippen LogP contribution in [0.5, 0.6) is 0 Å². The van der Waals surface area contributed by atoms with Crippen molar-refractivity contribution >= 4 is 6.03 Å². The second kappa shape index (κ2) is 7.10. The molecule has 0 aromatic rings. The van der Waals surface area contributed by atoms with Crippen LogP contribution in [-0.2, 0) is 4.74 Å². The first-order valence-corrected chi connectivity index (χ1v) is 7.09. The number of carbonyl (C=O) groups is 1. The van der Waals surface area contributed by atoms with Gasteiger partial charge in [-0.3, -0.25) is 0 Å². The van der Waals surface area contributed by atoms with Crippen molar-refractivity contribution in [1.29, 1.82) is 0 Å². The number of piperidine rings is 1. The summed E-state index contributed by atoms with van der Waals surface area (Å²) in [7, 11) is 1.69. The first-order chi connectivity index (χ1) is 8.88. The Bertz CT molecular complexity index is 294. The summed E-state index contributed by atoms with van der Waals surface area (Å²) in [4.78, 5) is 13.9. The van der Waals surface area contributed by atoms with E-state index in [4.69, 9.17) is 4.74 Å². The van der Waals surface area contributed by atoms with Gasteiger partial charge in [0.25, 0.3) is 0 Å². The van der Waals surface area contributed by atoms with Gasteiger partial charge in [0.15, 0.2) is 0 Å². The predicted octanol–water partition coefficient (Wildman–Crippen LogP) is 1.60. The fourth-order valence-corrected chi connectivity index (χ4v) is 2.57. The van der Waals surface area contributed by atoms with E-state index in [1.807, 2.05) is 20.8 Å². The Balaban J connectivity index is 2.41. The molecular formula is C14H28N2O3. The zero-order valence-corrected chi connectivity index (χ0v) is 12.6. The molecule has 1 saturated heterocycles. The minimum Gasteiger partial charge on any atom is -0.396 e. The fraction of sp³-hybridized carbons (Fsp3) is 0.929. The van der Waals surface area contributed by atoms with Crippen molar-refractivity contribution in [3.05, 3.63) is 0 Å². The predicted molar refractivity (Wildman–Crippen MR) is 75.1 cm³/mol. The van der Waals surface area contributed by atoms with Gasteiger partial charge in [0.2, 0.25) is 0 Å². The third kappa shape index (κ3) is 5.37. The monoisotopic (exact) mass is 272 g/mol. The summed E-state index contributed by atoms with van der Waals surface area (Å²) in [5.41, 5.74) is -0.234. The van der Waals surface area contributed by atoms with Gasteiger partial charge in [-0.15, -0.1) is 0 Å². The first kappa shape index (κ1) is 16.2. The van der Waals surface area contributed by atoms with Crippen LogP contribution in [0.2, 0.25) is 0 Å². The minimum atomic E-state index is -0.234. The Hall–Kier alpha value is -0.810. The zero-order valence-electron chi connectivity index (χ0n) is 12.6. The highest BCUT2D eigenvalue weighted by molar-refractivity contribution is 5.74. The van der Waals surface area contributed by atoms with Gasteiger partial charge in [0, 0.05) is 32.8 Å². The van der Waals surface area contributed by atoms with Gasteiger partial charge >= 0.3 is 6.03 Å². The van der Waals surface area contributed by atoms with Gasteiger partial charge in [-0.25, -0.2) is 4.79 Å². The van der Waals surface area contributed by atoms with Gasteiger partial charge in [-0.1, -0.05) is 0 Å². The minimum absolute atomic E-state index is 0.0300. The molecule has 1 rings (SSSR count). The van der Waals surface area contributed by atoms with Gasteiger partial charge in [0.1, 0.15) is 0 Å². The molecule has 2 N–H and O–H groups in total. The highest BCUT2D eigenvalue weighted by atomic mass is 16.5. The Morgan fingerprint density at radius 3 is 2.84 bits per heavy atom. The molecule has 112 valence electrons. The molecule has 1 fully saturated rings. The van der Waals surface area contributed by atoms with Crippen molar-refractivity contribution in [2.75, 3.05) is 26.8 Å². The van der Waals surface area contributed by atoms with E-state index in [1.54, 1.807) is 12.0 Å². The molecule has 0 saturated carbocycles. The number of carbonyl (C=O) groups excluding carboxylic acids is 1. The Labute approximate surface area is 116 Å². The van der Waals surface area contributed by atoms with Crippen LogP contribution in [-0.4, -0.2) is 54.5 Å². The third-order valence-corrected chi connectivity index (χ3v) is 3.78. The molecule has 1 aliphatic heterocycles. The number of ether oxygens (including phenoxy) is 1. The molecule has 2 amide bonds. The van der Waals surface area contributed by atoms with E-state index in [-0.39, 0.29) is 30.2 Å². The molecule has 2 unspecified atom stereocenters. The number of methoxy groups -OCH3 is 1. The van der Waals surface area contributed by atoms with Crippen LogP contribution in [0.15, 0.2) is 0 Å². The average molecular weight is 272 g/mol. The van der Waals surface area contributed by atoms with Gasteiger partial charge in [-0.05, 0) is 46.0 Å². The van der Waals surface area contributed by atoms with Crippen molar-refractivity contribution in [3.63, 3.8) is 0 Å². The van der Waals surface area contributed by atoms with Crippen molar-refractivity contribution in [3.8, 4) is 0 Å². The summed E-state index contributed by atoms with van der Waals surface area (Å²) in [5, 5.41) is 12.2. The number of amides is 2. The van der Waals surface area contributed by atoms with Crippen LogP contribution in [0.25, 0.3) is 0 Å². The molecule has 5 nitrogen and oxygen atoms in total. The van der Waals surface area contributed by atoms with E-state index in [2.05, 4.69) is 5.32 Å². The van der Waals surface area contributed by atoms with Crippen LogP contribution in [0.4, 0.5) is 4.79 Å². The lowest BCUT2D eigenvalue weighted by Gasteiger charge is -2.34. The molecule has 0 aliphatic carbocycles. The van der Waals surface area contributed by atoms with E-state index < -0.39 is 0 Å². The molecule has 0 spiro atoms. The van der Waals surface area contributed by atoms with Crippen LogP contribution in [0.3, 0.4) is 0 Å². The van der Waals surface area contributed by atoms with Crippen LogP contribution >= 0.6 is 0 Å². The Morgan fingerprint density at radius 1 is 1.58 bits per heavy atom. The van der Waals surface area contributed by atoms with Crippen molar-refractivity contribution in [2.24, 2.45) is 5.92 Å². The smallest absolute Gasteiger partial charge is 0.317 e. The van der Waals surface area contributed by atoms with Crippen molar-refractivity contribution < 1.29 is 14.6 Å². The third-order valence-electron chi connectivity index (χ3n) is 3.78. The van der Waals surface area contributed by atoms with Crippen molar-refractivity contribution in [2.45, 2.75) is 51.7 Å². The number of nitrogens with zero attached hydrogens (tertiary/aromatic N) is 1. The largest absolute Gasteiger partial charge is 0.396 e. The fourth-order valence-electron chi connectivity index (χ4n) is 2.57. The van der Waals surface area contributed by atoms with E-state index in [0.29, 0.717) is 6.54 Å². The number of hydrogen-bond acceptors (Lipinski definition) is 3. The standard InChI is InChI=1S/C14H28N2O3/c1-11(8-14(2,3)19-4)15-13(18)16-7-5-6-12(9-16)10-17/h11-12,17H,5-10H2,1-4H3,(H,15,18). The molecular weight excluding hydrogens is 244 g/mol. The maximum atomic E-state index is 12.1. The number of urea groups is 1. The number of hydrogen-bond donors (Lipinski definition) is 2. The van der Waals surface area contributed by atoms with E-state index in [1.165, 1.54) is 0 Å². The first-order valence-electron chi connectivity index (χ1n) is 7.09. The Kier molecular flexibility index (Phi) is 6.07. The number of aliphatic hydroxyl groups is 1. The summed E-state index contributed by atoms with van der Waals surface area (Å²) < 4.78 is 5.37. The Morgan fingerprint density at radius 2 is 2.26 bits per heavy atom. The molecule has 1 heterocycles. The number of rotatable bonds is 5.